The third-order valence-electron chi connectivity index (χ3n) is 2.64. The van der Waals surface area contributed by atoms with Crippen LogP contribution in [0.1, 0.15) is 16.7 Å². The van der Waals surface area contributed by atoms with Gasteiger partial charge in [0.25, 0.3) is 0 Å². The molecule has 1 aromatic rings. The highest BCUT2D eigenvalue weighted by atomic mass is 16.3. The summed E-state index contributed by atoms with van der Waals surface area (Å²) in [6.07, 6.45) is -0.481. The van der Waals surface area contributed by atoms with Crippen molar-refractivity contribution in [1.82, 2.24) is 0 Å². The maximum atomic E-state index is 9.35. The lowest BCUT2D eigenvalue weighted by Crippen LogP contribution is -2.28. The molecule has 0 aliphatic heterocycles. The van der Waals surface area contributed by atoms with Crippen LogP contribution in [0.3, 0.4) is 0 Å². The summed E-state index contributed by atoms with van der Waals surface area (Å²) in [5, 5.41) is 12.5. The summed E-state index contributed by atoms with van der Waals surface area (Å²) in [7, 11) is 0. The van der Waals surface area contributed by atoms with Crippen molar-refractivity contribution in [3.8, 4) is 0 Å². The molecule has 0 spiro atoms. The largest absolute Gasteiger partial charge is 0.390 e. The van der Waals surface area contributed by atoms with Crippen molar-refractivity contribution >= 4 is 5.69 Å². The van der Waals surface area contributed by atoms with Gasteiger partial charge in [0.2, 0.25) is 0 Å². The standard InChI is InChI=1S/C12H20N2O/c1-8-4-10(3)12(5-9(8)2)14-7-11(15)6-13/h4-5,11,14-15H,6-7,13H2,1-3H3. The third-order valence-corrected chi connectivity index (χ3v) is 2.64. The topological polar surface area (TPSA) is 58.3 Å². The van der Waals surface area contributed by atoms with E-state index in [9.17, 15) is 5.11 Å². The third kappa shape index (κ3) is 3.22. The Kier molecular flexibility index (Phi) is 4.12. The van der Waals surface area contributed by atoms with Crippen LogP contribution in [-0.4, -0.2) is 24.3 Å². The average molecular weight is 208 g/mol. The Morgan fingerprint density at radius 1 is 1.20 bits per heavy atom. The summed E-state index contributed by atoms with van der Waals surface area (Å²) in [4.78, 5) is 0. The van der Waals surface area contributed by atoms with Crippen LogP contribution in [0, 0.1) is 20.8 Å². The Bertz CT molecular complexity index is 337. The number of aryl methyl sites for hydroxylation is 3. The van der Waals surface area contributed by atoms with Gasteiger partial charge in [0, 0.05) is 18.8 Å². The molecule has 0 aliphatic carbocycles. The summed E-state index contributed by atoms with van der Waals surface area (Å²) < 4.78 is 0. The lowest BCUT2D eigenvalue weighted by atomic mass is 10.0. The van der Waals surface area contributed by atoms with E-state index in [1.165, 1.54) is 16.7 Å². The number of anilines is 1. The van der Waals surface area contributed by atoms with Gasteiger partial charge in [0.05, 0.1) is 6.10 Å². The number of nitrogens with one attached hydrogen (secondary N) is 1. The van der Waals surface area contributed by atoms with Gasteiger partial charge in [0.1, 0.15) is 0 Å². The molecule has 15 heavy (non-hydrogen) atoms. The van der Waals surface area contributed by atoms with Crippen LogP contribution in [0.2, 0.25) is 0 Å². The molecule has 3 heteroatoms. The Morgan fingerprint density at radius 2 is 1.80 bits per heavy atom. The first kappa shape index (κ1) is 12.0. The van der Waals surface area contributed by atoms with E-state index < -0.39 is 6.10 Å². The molecular formula is C12H20N2O. The van der Waals surface area contributed by atoms with E-state index in [1.54, 1.807) is 0 Å². The Morgan fingerprint density at radius 3 is 2.40 bits per heavy atom. The van der Waals surface area contributed by atoms with Gasteiger partial charge in [-0.05, 0) is 43.5 Å². The van der Waals surface area contributed by atoms with E-state index in [1.807, 2.05) is 0 Å². The molecule has 84 valence electrons. The molecule has 0 radical (unpaired) electrons. The van der Waals surface area contributed by atoms with Crippen molar-refractivity contribution < 1.29 is 5.11 Å². The maximum Gasteiger partial charge on any atom is 0.0834 e. The first-order valence-electron chi connectivity index (χ1n) is 5.24. The van der Waals surface area contributed by atoms with Crippen LogP contribution >= 0.6 is 0 Å². The lowest BCUT2D eigenvalue weighted by Gasteiger charge is -2.14. The second-order valence-corrected chi connectivity index (χ2v) is 4.02. The van der Waals surface area contributed by atoms with Gasteiger partial charge < -0.3 is 16.2 Å². The Hall–Kier alpha value is -1.06. The molecule has 4 N–H and O–H groups in total. The number of benzene rings is 1. The van der Waals surface area contributed by atoms with Crippen molar-refractivity contribution in [2.24, 2.45) is 5.73 Å². The van der Waals surface area contributed by atoms with E-state index in [0.717, 1.165) is 5.69 Å². The second-order valence-electron chi connectivity index (χ2n) is 4.02. The molecule has 1 aromatic carbocycles. The molecule has 0 aromatic heterocycles. The summed E-state index contributed by atoms with van der Waals surface area (Å²) in [5.41, 5.74) is 10.2. The zero-order valence-corrected chi connectivity index (χ0v) is 9.67. The number of hydrogen-bond acceptors (Lipinski definition) is 3. The normalized spacial score (nSPS) is 12.6. The van der Waals surface area contributed by atoms with Crippen LogP contribution in [0.25, 0.3) is 0 Å². The van der Waals surface area contributed by atoms with Crippen molar-refractivity contribution in [3.05, 3.63) is 28.8 Å². The van der Waals surface area contributed by atoms with Gasteiger partial charge in [-0.3, -0.25) is 0 Å². The highest BCUT2D eigenvalue weighted by Gasteiger charge is 2.04. The molecule has 1 atom stereocenters. The first-order chi connectivity index (χ1) is 7.04. The maximum absolute atomic E-state index is 9.35. The Balaban J connectivity index is 2.73. The molecule has 0 saturated carbocycles. The lowest BCUT2D eigenvalue weighted by molar-refractivity contribution is 0.196. The SMILES string of the molecule is Cc1cc(C)c(NCC(O)CN)cc1C. The molecular weight excluding hydrogens is 188 g/mol. The fraction of sp³-hybridized carbons (Fsp3) is 0.500. The number of rotatable bonds is 4. The van der Waals surface area contributed by atoms with Crippen LogP contribution in [0.5, 0.6) is 0 Å². The van der Waals surface area contributed by atoms with Crippen molar-refractivity contribution in [1.29, 1.82) is 0 Å². The summed E-state index contributed by atoms with van der Waals surface area (Å²) >= 11 is 0. The summed E-state index contributed by atoms with van der Waals surface area (Å²) in [6, 6.07) is 4.25. The quantitative estimate of drug-likeness (QED) is 0.700. The fourth-order valence-electron chi connectivity index (χ4n) is 1.46. The van der Waals surface area contributed by atoms with Crippen LogP contribution < -0.4 is 11.1 Å². The zero-order chi connectivity index (χ0) is 11.4. The fourth-order valence-corrected chi connectivity index (χ4v) is 1.46. The summed E-state index contributed by atoms with van der Waals surface area (Å²) in [5.74, 6) is 0. The minimum absolute atomic E-state index is 0.289. The van der Waals surface area contributed by atoms with E-state index in [4.69, 9.17) is 5.73 Å². The monoisotopic (exact) mass is 208 g/mol. The second kappa shape index (κ2) is 5.14. The van der Waals surface area contributed by atoms with Gasteiger partial charge in [-0.15, -0.1) is 0 Å². The number of nitrogens with two attached hydrogens (primary N) is 1. The molecule has 1 unspecified atom stereocenters. The average Bonchev–Trinajstić information content (AvgIpc) is 2.21. The molecule has 0 fully saturated rings. The van der Waals surface area contributed by atoms with E-state index in [2.05, 4.69) is 38.2 Å². The molecule has 1 rings (SSSR count). The van der Waals surface area contributed by atoms with Crippen molar-refractivity contribution in [3.63, 3.8) is 0 Å². The number of hydrogen-bond donors (Lipinski definition) is 3. The predicted octanol–water partition coefficient (Wildman–Crippen LogP) is 1.34. The van der Waals surface area contributed by atoms with E-state index in [-0.39, 0.29) is 6.54 Å². The smallest absolute Gasteiger partial charge is 0.0834 e. The van der Waals surface area contributed by atoms with Crippen molar-refractivity contribution in [2.45, 2.75) is 26.9 Å². The van der Waals surface area contributed by atoms with Gasteiger partial charge in [-0.2, -0.15) is 0 Å². The minimum Gasteiger partial charge on any atom is -0.390 e. The molecule has 0 heterocycles. The molecule has 0 aliphatic rings. The van der Waals surface area contributed by atoms with Gasteiger partial charge in [-0.25, -0.2) is 0 Å². The van der Waals surface area contributed by atoms with Crippen LogP contribution in [0.15, 0.2) is 12.1 Å². The van der Waals surface area contributed by atoms with Crippen molar-refractivity contribution in [2.75, 3.05) is 18.4 Å². The minimum atomic E-state index is -0.481. The molecule has 0 saturated heterocycles. The highest BCUT2D eigenvalue weighted by molar-refractivity contribution is 5.54. The molecule has 0 amide bonds. The first-order valence-corrected chi connectivity index (χ1v) is 5.24. The highest BCUT2D eigenvalue weighted by Crippen LogP contribution is 2.19. The zero-order valence-electron chi connectivity index (χ0n) is 9.67. The van der Waals surface area contributed by atoms with Crippen LogP contribution in [0.4, 0.5) is 5.69 Å². The predicted molar refractivity (Wildman–Crippen MR) is 64.2 cm³/mol. The van der Waals surface area contributed by atoms with E-state index in [0.29, 0.717) is 6.54 Å². The molecule has 0 bridgehead atoms. The van der Waals surface area contributed by atoms with E-state index >= 15 is 0 Å². The van der Waals surface area contributed by atoms with Crippen LogP contribution in [-0.2, 0) is 0 Å². The summed E-state index contributed by atoms with van der Waals surface area (Å²) in [6.45, 7) is 7.03. The molecule has 3 nitrogen and oxygen atoms in total. The van der Waals surface area contributed by atoms with Gasteiger partial charge in [0.15, 0.2) is 0 Å². The van der Waals surface area contributed by atoms with Gasteiger partial charge >= 0.3 is 0 Å². The number of aliphatic hydroxyl groups is 1. The number of aliphatic hydroxyl groups excluding tert-OH is 1. The Labute approximate surface area is 91.3 Å². The van der Waals surface area contributed by atoms with Gasteiger partial charge in [-0.1, -0.05) is 6.07 Å².